The summed E-state index contributed by atoms with van der Waals surface area (Å²) in [6.07, 6.45) is 1.12. The number of sulfonamides is 1. The second-order valence-electron chi connectivity index (χ2n) is 6.86. The molecule has 2 aromatic carbocycles. The Bertz CT molecular complexity index is 1280. The van der Waals surface area contributed by atoms with Crippen LogP contribution in [0, 0.1) is 0 Å². The van der Waals surface area contributed by atoms with Crippen LogP contribution in [-0.2, 0) is 27.8 Å². The van der Waals surface area contributed by atoms with Crippen LogP contribution in [-0.4, -0.2) is 29.5 Å². The lowest BCUT2D eigenvalue weighted by Gasteiger charge is -2.17. The molecule has 9 heteroatoms. The first-order chi connectivity index (χ1) is 13.9. The highest BCUT2D eigenvalue weighted by Crippen LogP contribution is 2.33. The van der Waals surface area contributed by atoms with Crippen molar-refractivity contribution in [3.63, 3.8) is 0 Å². The van der Waals surface area contributed by atoms with Gasteiger partial charge in [0.25, 0.3) is 15.9 Å². The zero-order valence-electron chi connectivity index (χ0n) is 15.1. The molecule has 0 fully saturated rings. The fraction of sp³-hybridized carbons (Fsp3) is 0.150. The third kappa shape index (κ3) is 2.93. The van der Waals surface area contributed by atoms with Crippen molar-refractivity contribution in [2.24, 2.45) is 0 Å². The van der Waals surface area contributed by atoms with Gasteiger partial charge in [-0.25, -0.2) is 17.7 Å². The molecule has 0 aliphatic carbocycles. The largest absolute Gasteiger partial charge is 0.326 e. The van der Waals surface area contributed by atoms with Crippen LogP contribution in [0.25, 0.3) is 11.3 Å². The summed E-state index contributed by atoms with van der Waals surface area (Å²) in [6, 6.07) is 11.9. The highest BCUT2D eigenvalue weighted by molar-refractivity contribution is 7.90. The van der Waals surface area contributed by atoms with Crippen molar-refractivity contribution < 1.29 is 18.0 Å². The first-order valence-corrected chi connectivity index (χ1v) is 11.3. The first kappa shape index (κ1) is 18.0. The third-order valence-corrected chi connectivity index (χ3v) is 7.66. The van der Waals surface area contributed by atoms with Crippen molar-refractivity contribution in [2.45, 2.75) is 24.3 Å². The van der Waals surface area contributed by atoms with Crippen molar-refractivity contribution in [1.82, 2.24) is 9.29 Å². The van der Waals surface area contributed by atoms with Gasteiger partial charge in [0.1, 0.15) is 9.90 Å². The molecule has 2 aliphatic rings. The highest BCUT2D eigenvalue weighted by Gasteiger charge is 2.41. The third-order valence-electron chi connectivity index (χ3n) is 5.04. The normalized spacial score (nSPS) is 17.0. The fourth-order valence-corrected chi connectivity index (χ4v) is 5.97. The van der Waals surface area contributed by atoms with Gasteiger partial charge < -0.3 is 5.32 Å². The lowest BCUT2D eigenvalue weighted by atomic mass is 9.99. The molecular formula is C20H15N3O4S2. The van der Waals surface area contributed by atoms with Gasteiger partial charge in [0, 0.05) is 23.1 Å². The molecule has 1 aromatic heterocycles. The summed E-state index contributed by atoms with van der Waals surface area (Å²) < 4.78 is 26.3. The number of nitrogens with one attached hydrogen (secondary N) is 1. The van der Waals surface area contributed by atoms with Crippen molar-refractivity contribution in [2.75, 3.05) is 5.32 Å². The molecule has 29 heavy (non-hydrogen) atoms. The number of thiazole rings is 1. The molecule has 3 aromatic rings. The Morgan fingerprint density at radius 2 is 1.93 bits per heavy atom. The summed E-state index contributed by atoms with van der Waals surface area (Å²) in [4.78, 5) is 28.7. The monoisotopic (exact) mass is 425 g/mol. The number of rotatable bonds is 3. The van der Waals surface area contributed by atoms with Crippen LogP contribution in [0.4, 0.5) is 5.69 Å². The van der Waals surface area contributed by atoms with Crippen molar-refractivity contribution >= 4 is 38.9 Å². The molecule has 5 rings (SSSR count). The molecule has 1 N–H and O–H groups in total. The summed E-state index contributed by atoms with van der Waals surface area (Å²) >= 11 is 1.31. The molecule has 0 bridgehead atoms. The van der Waals surface area contributed by atoms with Gasteiger partial charge in [-0.1, -0.05) is 18.2 Å². The zero-order valence-corrected chi connectivity index (χ0v) is 16.7. The van der Waals surface area contributed by atoms with Gasteiger partial charge in [-0.2, -0.15) is 0 Å². The molecule has 0 atom stereocenters. The highest BCUT2D eigenvalue weighted by atomic mass is 32.2. The number of aromatic nitrogens is 1. The predicted molar refractivity (Wildman–Crippen MR) is 108 cm³/mol. The summed E-state index contributed by atoms with van der Waals surface area (Å²) in [5.41, 5.74) is 3.66. The Balaban J connectivity index is 1.42. The lowest BCUT2D eigenvalue weighted by Crippen LogP contribution is -2.29. The van der Waals surface area contributed by atoms with Crippen LogP contribution in [0.1, 0.15) is 27.3 Å². The second kappa shape index (κ2) is 6.50. The molecule has 0 saturated carbocycles. The van der Waals surface area contributed by atoms with Crippen LogP contribution in [0.15, 0.2) is 52.7 Å². The number of anilines is 1. The predicted octanol–water partition coefficient (Wildman–Crippen LogP) is 3.04. The van der Waals surface area contributed by atoms with Gasteiger partial charge in [0.2, 0.25) is 5.91 Å². The molecular weight excluding hydrogens is 410 g/mol. The van der Waals surface area contributed by atoms with E-state index in [0.717, 1.165) is 21.1 Å². The van der Waals surface area contributed by atoms with E-state index in [1.807, 2.05) is 23.6 Å². The minimum atomic E-state index is -3.86. The molecule has 2 aliphatic heterocycles. The Morgan fingerprint density at radius 1 is 1.10 bits per heavy atom. The quantitative estimate of drug-likeness (QED) is 0.696. The second-order valence-corrected chi connectivity index (χ2v) is 9.63. The molecule has 3 heterocycles. The van der Waals surface area contributed by atoms with E-state index in [1.165, 1.54) is 23.5 Å². The maximum Gasteiger partial charge on any atom is 0.269 e. The maximum absolute atomic E-state index is 12.7. The van der Waals surface area contributed by atoms with Crippen molar-refractivity contribution in [1.29, 1.82) is 0 Å². The molecule has 2 amide bonds. The van der Waals surface area contributed by atoms with Gasteiger partial charge in [0.05, 0.1) is 17.8 Å². The van der Waals surface area contributed by atoms with E-state index in [4.69, 9.17) is 0 Å². The van der Waals surface area contributed by atoms with Gasteiger partial charge >= 0.3 is 0 Å². The van der Waals surface area contributed by atoms with Gasteiger partial charge in [-0.3, -0.25) is 9.59 Å². The SMILES string of the molecule is O=C1CCc2cc(-c3csc(CN4C(=O)c5ccccc5S4(=O)=O)n3)ccc2N1. The van der Waals surface area contributed by atoms with E-state index >= 15 is 0 Å². The fourth-order valence-electron chi connectivity index (χ4n) is 3.57. The number of fused-ring (bicyclic) bond motifs is 2. The Hall–Kier alpha value is -3.04. The smallest absolute Gasteiger partial charge is 0.269 e. The number of amides is 2. The van der Waals surface area contributed by atoms with Crippen LogP contribution in [0.5, 0.6) is 0 Å². The lowest BCUT2D eigenvalue weighted by molar-refractivity contribution is -0.116. The molecule has 146 valence electrons. The Morgan fingerprint density at radius 3 is 2.76 bits per heavy atom. The molecule has 0 unspecified atom stereocenters. The van der Waals surface area contributed by atoms with Crippen LogP contribution < -0.4 is 5.32 Å². The first-order valence-electron chi connectivity index (χ1n) is 8.97. The summed E-state index contributed by atoms with van der Waals surface area (Å²) in [5, 5.41) is 5.23. The van der Waals surface area contributed by atoms with E-state index in [1.54, 1.807) is 12.1 Å². The Labute approximate surface area is 171 Å². The molecule has 0 saturated heterocycles. The number of hydrogen-bond acceptors (Lipinski definition) is 6. The van der Waals surface area contributed by atoms with Gasteiger partial charge in [-0.05, 0) is 36.2 Å². The number of carbonyl (C=O) groups excluding carboxylic acids is 2. The van der Waals surface area contributed by atoms with Gasteiger partial charge in [0.15, 0.2) is 0 Å². The van der Waals surface area contributed by atoms with Crippen molar-refractivity contribution in [3.8, 4) is 11.3 Å². The standard InChI is InChI=1S/C20H15N3O4S2/c24-18-8-6-12-9-13(5-7-15(12)21-18)16-11-28-19(22-16)10-23-20(25)14-3-1-2-4-17(14)29(23,26)27/h1-5,7,9,11H,6,8,10H2,(H,21,24). The number of hydrogen-bond donors (Lipinski definition) is 1. The van der Waals surface area contributed by atoms with Crippen molar-refractivity contribution in [3.05, 3.63) is 64.0 Å². The summed E-state index contributed by atoms with van der Waals surface area (Å²) in [7, 11) is -3.86. The number of nitrogens with zero attached hydrogens (tertiary/aromatic N) is 2. The van der Waals surface area contributed by atoms with Crippen LogP contribution in [0.3, 0.4) is 0 Å². The molecule has 0 spiro atoms. The van der Waals surface area contributed by atoms with Crippen LogP contribution in [0.2, 0.25) is 0 Å². The van der Waals surface area contributed by atoms with E-state index in [-0.39, 0.29) is 22.9 Å². The van der Waals surface area contributed by atoms with E-state index in [9.17, 15) is 18.0 Å². The molecule has 0 radical (unpaired) electrons. The minimum absolute atomic E-state index is 0.0127. The topological polar surface area (TPSA) is 96.4 Å². The summed E-state index contributed by atoms with van der Waals surface area (Å²) in [5.74, 6) is -0.513. The minimum Gasteiger partial charge on any atom is -0.326 e. The van der Waals surface area contributed by atoms with E-state index in [2.05, 4.69) is 10.3 Å². The zero-order chi connectivity index (χ0) is 20.2. The van der Waals surface area contributed by atoms with Crippen LogP contribution >= 0.6 is 11.3 Å². The number of carbonyl (C=O) groups is 2. The Kier molecular flexibility index (Phi) is 4.04. The van der Waals surface area contributed by atoms with Gasteiger partial charge in [-0.15, -0.1) is 11.3 Å². The summed E-state index contributed by atoms with van der Waals surface area (Å²) in [6.45, 7) is -0.0957. The average Bonchev–Trinajstić information content (AvgIpc) is 3.26. The van der Waals surface area contributed by atoms with E-state index in [0.29, 0.717) is 23.5 Å². The maximum atomic E-state index is 12.7. The number of benzene rings is 2. The van der Waals surface area contributed by atoms with E-state index < -0.39 is 15.9 Å². The number of aryl methyl sites for hydroxylation is 1. The average molecular weight is 425 g/mol. The molecule has 7 nitrogen and oxygen atoms in total.